The molecule has 51 heavy (non-hydrogen) atoms. The van der Waals surface area contributed by atoms with Gasteiger partial charge in [0.15, 0.2) is 6.10 Å². The van der Waals surface area contributed by atoms with Gasteiger partial charge in [-0.05, 0) is 38.5 Å². The summed E-state index contributed by atoms with van der Waals surface area (Å²) in [6.45, 7) is 2.36. The van der Waals surface area contributed by atoms with Crippen LogP contribution in [0.5, 0.6) is 0 Å². The Morgan fingerprint density at radius 3 is 1.41 bits per heavy atom. The summed E-state index contributed by atoms with van der Waals surface area (Å²) in [5.74, 6) is -0.926. The fraction of sp³-hybridized carbons (Fsp3) is 0.900. The number of hydrogen-bond donors (Lipinski definition) is 3. The van der Waals surface area contributed by atoms with Gasteiger partial charge in [-0.25, -0.2) is 4.57 Å². The molecule has 0 spiro atoms. The van der Waals surface area contributed by atoms with Gasteiger partial charge in [0.25, 0.3) is 0 Å². The van der Waals surface area contributed by atoms with Gasteiger partial charge in [0.2, 0.25) is 0 Å². The molecule has 0 aromatic rings. The first kappa shape index (κ1) is 49.7. The lowest BCUT2D eigenvalue weighted by Crippen LogP contribution is -2.29. The summed E-state index contributed by atoms with van der Waals surface area (Å²) < 4.78 is 32.6. The summed E-state index contributed by atoms with van der Waals surface area (Å²) in [6.07, 6.45) is 33.3. The van der Waals surface area contributed by atoms with Crippen LogP contribution in [-0.2, 0) is 32.7 Å². The molecule has 0 aliphatic heterocycles. The summed E-state index contributed by atoms with van der Waals surface area (Å²) in [5, 5.41) is 18.3. The van der Waals surface area contributed by atoms with E-state index in [0.29, 0.717) is 12.8 Å². The normalized spacial score (nSPS) is 14.1. The number of phosphoric ester groups is 1. The number of carbonyl (C=O) groups excluding carboxylic acids is 2. The number of esters is 2. The van der Waals surface area contributed by atoms with Gasteiger partial charge in [-0.1, -0.05) is 154 Å². The Kier molecular flexibility index (Phi) is 36.1. The third-order valence-corrected chi connectivity index (χ3v) is 9.87. The van der Waals surface area contributed by atoms with Crippen molar-refractivity contribution in [3.8, 4) is 0 Å². The highest BCUT2D eigenvalue weighted by Gasteiger charge is 2.27. The van der Waals surface area contributed by atoms with Crippen molar-refractivity contribution in [3.63, 3.8) is 0 Å². The van der Waals surface area contributed by atoms with Gasteiger partial charge >= 0.3 is 19.8 Å². The van der Waals surface area contributed by atoms with Crippen LogP contribution in [0.1, 0.15) is 194 Å². The zero-order valence-corrected chi connectivity index (χ0v) is 33.5. The second kappa shape index (κ2) is 37.0. The molecule has 0 radical (unpaired) electrons. The fourth-order valence-electron chi connectivity index (χ4n) is 5.69. The molecule has 0 saturated heterocycles. The Hall–Kier alpha value is -1.29. The van der Waals surface area contributed by atoms with Crippen molar-refractivity contribution in [3.05, 3.63) is 12.2 Å². The van der Waals surface area contributed by atoms with Crippen LogP contribution in [0.25, 0.3) is 0 Å². The number of aliphatic hydroxyl groups excluding tert-OH is 2. The van der Waals surface area contributed by atoms with Crippen LogP contribution in [0.3, 0.4) is 0 Å². The van der Waals surface area contributed by atoms with E-state index in [2.05, 4.69) is 30.5 Å². The minimum atomic E-state index is -4.61. The maximum absolute atomic E-state index is 12.6. The lowest BCUT2D eigenvalue weighted by Gasteiger charge is -2.20. The molecule has 0 aromatic heterocycles. The monoisotopic (exact) mass is 749 g/mol. The zero-order valence-electron chi connectivity index (χ0n) is 32.6. The first-order valence-electron chi connectivity index (χ1n) is 20.6. The molecule has 0 rings (SSSR count). The molecule has 1 unspecified atom stereocenters. The number of aliphatic hydroxyl groups is 2. The molecule has 0 aromatic carbocycles. The van der Waals surface area contributed by atoms with Crippen molar-refractivity contribution in [2.45, 2.75) is 206 Å². The molecule has 11 heteroatoms. The largest absolute Gasteiger partial charge is 0.472 e. The van der Waals surface area contributed by atoms with Crippen molar-refractivity contribution in [1.82, 2.24) is 0 Å². The molecule has 0 aliphatic rings. The number of carbonyl (C=O) groups is 2. The highest BCUT2D eigenvalue weighted by Crippen LogP contribution is 2.43. The first-order valence-corrected chi connectivity index (χ1v) is 22.1. The third kappa shape index (κ3) is 36.8. The van der Waals surface area contributed by atoms with Gasteiger partial charge in [0, 0.05) is 12.8 Å². The van der Waals surface area contributed by atoms with E-state index >= 15 is 0 Å². The van der Waals surface area contributed by atoms with Crippen molar-refractivity contribution in [2.24, 2.45) is 0 Å². The number of phosphoric acid groups is 1. The topological polar surface area (TPSA) is 149 Å². The third-order valence-electron chi connectivity index (χ3n) is 8.92. The van der Waals surface area contributed by atoms with E-state index in [4.69, 9.17) is 19.1 Å². The molecule has 0 fully saturated rings. The summed E-state index contributed by atoms with van der Waals surface area (Å²) in [7, 11) is -4.61. The number of hydrogen-bond acceptors (Lipinski definition) is 9. The SMILES string of the molecule is CCCCCCCCCC/C=C\CCCCCCCCCC(=O)O[C@H](COC(=O)CCCCCCCCCCC)COP(=O)(O)OC[C@@H](O)CO. The van der Waals surface area contributed by atoms with Crippen molar-refractivity contribution >= 4 is 19.8 Å². The van der Waals surface area contributed by atoms with Crippen LogP contribution >= 0.6 is 7.82 Å². The average molecular weight is 749 g/mol. The van der Waals surface area contributed by atoms with Crippen LogP contribution in [-0.4, -0.2) is 65.7 Å². The summed E-state index contributed by atoms with van der Waals surface area (Å²) in [4.78, 5) is 34.8. The van der Waals surface area contributed by atoms with Gasteiger partial charge in [-0.3, -0.25) is 18.6 Å². The molecule has 302 valence electrons. The quantitative estimate of drug-likeness (QED) is 0.0240. The maximum atomic E-state index is 12.6. The standard InChI is InChI=1S/C40H77O10P/c1-3-5-7-9-11-13-14-15-16-17-18-19-20-21-22-24-26-28-30-32-40(44)50-38(36-49-51(45,46)48-34-37(42)33-41)35-47-39(43)31-29-27-25-23-12-10-8-6-4-2/h17-18,37-38,41-42H,3-16,19-36H2,1-2H3,(H,45,46)/b18-17-/t37-,38+/m0/s1. The Morgan fingerprint density at radius 1 is 0.569 bits per heavy atom. The van der Waals surface area contributed by atoms with Crippen LogP contribution in [0.2, 0.25) is 0 Å². The Morgan fingerprint density at radius 2 is 0.961 bits per heavy atom. The molecule has 0 heterocycles. The Balaban J connectivity index is 4.24. The van der Waals surface area contributed by atoms with Crippen LogP contribution in [0.4, 0.5) is 0 Å². The van der Waals surface area contributed by atoms with E-state index in [0.717, 1.165) is 44.9 Å². The second-order valence-electron chi connectivity index (χ2n) is 14.0. The van der Waals surface area contributed by atoms with Crippen molar-refractivity contribution < 1.29 is 47.8 Å². The summed E-state index contributed by atoms with van der Waals surface area (Å²) in [5.41, 5.74) is 0. The van der Waals surface area contributed by atoms with Crippen molar-refractivity contribution in [2.75, 3.05) is 26.4 Å². The first-order chi connectivity index (χ1) is 24.7. The highest BCUT2D eigenvalue weighted by molar-refractivity contribution is 7.47. The fourth-order valence-corrected chi connectivity index (χ4v) is 6.48. The Labute approximate surface area is 311 Å². The molecule has 0 bridgehead atoms. The molecule has 3 atom stereocenters. The van der Waals surface area contributed by atoms with Gasteiger partial charge in [0.1, 0.15) is 12.7 Å². The molecule has 0 amide bonds. The van der Waals surface area contributed by atoms with E-state index < -0.39 is 51.8 Å². The predicted molar refractivity (Wildman–Crippen MR) is 205 cm³/mol. The minimum Gasteiger partial charge on any atom is -0.462 e. The molecule has 0 aliphatic carbocycles. The molecular formula is C40H77O10P. The van der Waals surface area contributed by atoms with Gasteiger partial charge in [-0.2, -0.15) is 0 Å². The van der Waals surface area contributed by atoms with Crippen molar-refractivity contribution in [1.29, 1.82) is 0 Å². The van der Waals surface area contributed by atoms with E-state index in [9.17, 15) is 24.2 Å². The minimum absolute atomic E-state index is 0.183. The number of unbranched alkanes of at least 4 members (excludes halogenated alkanes) is 23. The second-order valence-corrected chi connectivity index (χ2v) is 15.5. The van der Waals surface area contributed by atoms with E-state index in [1.165, 1.54) is 109 Å². The van der Waals surface area contributed by atoms with Gasteiger partial charge < -0.3 is 24.6 Å². The number of ether oxygens (including phenoxy) is 2. The van der Waals surface area contributed by atoms with E-state index in [-0.39, 0.29) is 19.4 Å². The molecule has 3 N–H and O–H groups in total. The average Bonchev–Trinajstić information content (AvgIpc) is 3.12. The van der Waals surface area contributed by atoms with E-state index in [1.807, 2.05) is 0 Å². The molecule has 10 nitrogen and oxygen atoms in total. The lowest BCUT2D eigenvalue weighted by atomic mass is 10.1. The summed E-state index contributed by atoms with van der Waals surface area (Å²) >= 11 is 0. The molecule has 0 saturated carbocycles. The lowest BCUT2D eigenvalue weighted by molar-refractivity contribution is -0.161. The predicted octanol–water partition coefficient (Wildman–Crippen LogP) is 10.4. The number of allylic oxidation sites excluding steroid dienone is 2. The number of rotatable bonds is 39. The smallest absolute Gasteiger partial charge is 0.462 e. The van der Waals surface area contributed by atoms with Gasteiger partial charge in [0.05, 0.1) is 19.8 Å². The summed E-state index contributed by atoms with van der Waals surface area (Å²) in [6, 6.07) is 0. The van der Waals surface area contributed by atoms with Crippen LogP contribution in [0, 0.1) is 0 Å². The Bertz CT molecular complexity index is 868. The maximum Gasteiger partial charge on any atom is 0.472 e. The van der Waals surface area contributed by atoms with E-state index in [1.54, 1.807) is 0 Å². The van der Waals surface area contributed by atoms with Crippen LogP contribution in [0.15, 0.2) is 12.2 Å². The van der Waals surface area contributed by atoms with Crippen LogP contribution < -0.4 is 0 Å². The molecular weight excluding hydrogens is 671 g/mol. The zero-order chi connectivity index (χ0) is 37.7. The highest BCUT2D eigenvalue weighted by atomic mass is 31.2. The van der Waals surface area contributed by atoms with Gasteiger partial charge in [-0.15, -0.1) is 0 Å².